The first-order valence-corrected chi connectivity index (χ1v) is 6.59. The van der Waals surface area contributed by atoms with Gasteiger partial charge in [0, 0.05) is 25.8 Å². The van der Waals surface area contributed by atoms with Gasteiger partial charge in [-0.3, -0.25) is 4.79 Å². The van der Waals surface area contributed by atoms with Crippen molar-refractivity contribution in [2.75, 3.05) is 33.4 Å². The molecule has 0 aliphatic rings. The number of methoxy groups -OCH3 is 1. The number of carbonyl (C=O) groups is 1. The molecule has 0 fully saturated rings. The largest absolute Gasteiger partial charge is 0.504 e. The van der Waals surface area contributed by atoms with Gasteiger partial charge in [0.05, 0.1) is 19.8 Å². The van der Waals surface area contributed by atoms with Crippen LogP contribution < -0.4 is 15.4 Å². The Bertz CT molecular complexity index is 424. The molecule has 3 N–H and O–H groups in total. The number of phenolic OH excluding ortho intramolecular Hbond substituents is 1. The number of rotatable bonds is 9. The average molecular weight is 282 g/mol. The molecule has 0 aromatic heterocycles. The number of carbonyl (C=O) groups excluding carboxylic acids is 1. The number of phenols is 1. The summed E-state index contributed by atoms with van der Waals surface area (Å²) in [6.45, 7) is 3.90. The first-order chi connectivity index (χ1) is 9.69. The van der Waals surface area contributed by atoms with E-state index in [0.717, 1.165) is 0 Å². The molecule has 20 heavy (non-hydrogen) atoms. The summed E-state index contributed by atoms with van der Waals surface area (Å²) in [6.07, 6.45) is 0. The SMILES string of the molecule is CCOc1cccc(CNCC(=O)NCCOC)c1O. The van der Waals surface area contributed by atoms with E-state index in [2.05, 4.69) is 10.6 Å². The van der Waals surface area contributed by atoms with Gasteiger partial charge in [0.2, 0.25) is 5.91 Å². The van der Waals surface area contributed by atoms with Crippen molar-refractivity contribution in [3.05, 3.63) is 23.8 Å². The van der Waals surface area contributed by atoms with Gasteiger partial charge in [0.25, 0.3) is 0 Å². The number of nitrogens with one attached hydrogen (secondary N) is 2. The summed E-state index contributed by atoms with van der Waals surface area (Å²) in [7, 11) is 1.58. The minimum absolute atomic E-state index is 0.109. The fraction of sp³-hybridized carbons (Fsp3) is 0.500. The molecule has 0 bridgehead atoms. The topological polar surface area (TPSA) is 79.8 Å². The van der Waals surface area contributed by atoms with Crippen LogP contribution in [0.15, 0.2) is 18.2 Å². The smallest absolute Gasteiger partial charge is 0.234 e. The molecule has 6 heteroatoms. The number of aromatic hydroxyl groups is 1. The Hall–Kier alpha value is -1.79. The first kappa shape index (κ1) is 16.3. The zero-order chi connectivity index (χ0) is 14.8. The summed E-state index contributed by atoms with van der Waals surface area (Å²) in [5.74, 6) is 0.459. The van der Waals surface area contributed by atoms with Crippen LogP contribution in [0.25, 0.3) is 0 Å². The molecule has 0 aliphatic heterocycles. The predicted octanol–water partition coefficient (Wildman–Crippen LogP) is 0.643. The van der Waals surface area contributed by atoms with Gasteiger partial charge in [-0.05, 0) is 13.0 Å². The molecule has 0 unspecified atom stereocenters. The lowest BCUT2D eigenvalue weighted by molar-refractivity contribution is -0.120. The van der Waals surface area contributed by atoms with E-state index in [1.807, 2.05) is 6.92 Å². The third-order valence-electron chi connectivity index (χ3n) is 2.61. The normalized spacial score (nSPS) is 10.3. The zero-order valence-electron chi connectivity index (χ0n) is 11.9. The minimum atomic E-state index is -0.109. The molecular formula is C14H22N2O4. The minimum Gasteiger partial charge on any atom is -0.504 e. The molecule has 0 atom stereocenters. The molecule has 1 amide bonds. The molecule has 112 valence electrons. The van der Waals surface area contributed by atoms with Crippen molar-refractivity contribution in [1.82, 2.24) is 10.6 Å². The number of para-hydroxylation sites is 1. The van der Waals surface area contributed by atoms with Crippen LogP contribution >= 0.6 is 0 Å². The number of amides is 1. The summed E-state index contributed by atoms with van der Waals surface area (Å²) in [6, 6.07) is 5.30. The van der Waals surface area contributed by atoms with Gasteiger partial charge in [-0.1, -0.05) is 12.1 Å². The lowest BCUT2D eigenvalue weighted by atomic mass is 10.2. The van der Waals surface area contributed by atoms with Crippen molar-refractivity contribution in [3.63, 3.8) is 0 Å². The van der Waals surface area contributed by atoms with Gasteiger partial charge in [-0.25, -0.2) is 0 Å². The molecule has 1 aromatic rings. The number of ether oxygens (including phenoxy) is 2. The highest BCUT2D eigenvalue weighted by Gasteiger charge is 2.08. The van der Waals surface area contributed by atoms with Crippen molar-refractivity contribution in [2.24, 2.45) is 0 Å². The van der Waals surface area contributed by atoms with Gasteiger partial charge in [0.15, 0.2) is 11.5 Å². The second-order valence-electron chi connectivity index (χ2n) is 4.14. The van der Waals surface area contributed by atoms with E-state index in [1.54, 1.807) is 25.3 Å². The van der Waals surface area contributed by atoms with Crippen molar-refractivity contribution in [2.45, 2.75) is 13.5 Å². The van der Waals surface area contributed by atoms with Crippen LogP contribution in [0.3, 0.4) is 0 Å². The number of hydrogen-bond acceptors (Lipinski definition) is 5. The molecule has 0 spiro atoms. The highest BCUT2D eigenvalue weighted by Crippen LogP contribution is 2.29. The summed E-state index contributed by atoms with van der Waals surface area (Å²) < 4.78 is 10.1. The zero-order valence-corrected chi connectivity index (χ0v) is 11.9. The van der Waals surface area contributed by atoms with Gasteiger partial charge in [0.1, 0.15) is 0 Å². The van der Waals surface area contributed by atoms with Crippen molar-refractivity contribution >= 4 is 5.91 Å². The molecule has 0 saturated carbocycles. The van der Waals surface area contributed by atoms with Crippen LogP contribution in [-0.4, -0.2) is 44.4 Å². The first-order valence-electron chi connectivity index (χ1n) is 6.59. The van der Waals surface area contributed by atoms with E-state index < -0.39 is 0 Å². The fourth-order valence-corrected chi connectivity index (χ4v) is 1.65. The second kappa shape index (κ2) is 9.17. The maximum Gasteiger partial charge on any atom is 0.234 e. The highest BCUT2D eigenvalue weighted by atomic mass is 16.5. The van der Waals surface area contributed by atoms with Gasteiger partial charge < -0.3 is 25.2 Å². The molecule has 0 heterocycles. The fourth-order valence-electron chi connectivity index (χ4n) is 1.65. The predicted molar refractivity (Wildman–Crippen MR) is 75.9 cm³/mol. The standard InChI is InChI=1S/C14H22N2O4/c1-3-20-12-6-4-5-11(14(12)18)9-15-10-13(17)16-7-8-19-2/h4-6,15,18H,3,7-10H2,1-2H3,(H,16,17). The molecule has 0 saturated heterocycles. The van der Waals surface area contributed by atoms with Crippen LogP contribution in [0.1, 0.15) is 12.5 Å². The Morgan fingerprint density at radius 3 is 2.90 bits per heavy atom. The number of benzene rings is 1. The molecule has 0 radical (unpaired) electrons. The maximum atomic E-state index is 11.4. The number of hydrogen-bond donors (Lipinski definition) is 3. The molecular weight excluding hydrogens is 260 g/mol. The molecule has 1 rings (SSSR count). The Kier molecular flexibility index (Phi) is 7.46. The van der Waals surface area contributed by atoms with Crippen molar-refractivity contribution < 1.29 is 19.4 Å². The lowest BCUT2D eigenvalue weighted by Crippen LogP contribution is -2.35. The third-order valence-corrected chi connectivity index (χ3v) is 2.61. The maximum absolute atomic E-state index is 11.4. The van der Waals surface area contributed by atoms with Crippen LogP contribution in [0, 0.1) is 0 Å². The monoisotopic (exact) mass is 282 g/mol. The van der Waals surface area contributed by atoms with E-state index in [9.17, 15) is 9.90 Å². The Labute approximate surface area is 119 Å². The van der Waals surface area contributed by atoms with E-state index in [1.165, 1.54) is 0 Å². The van der Waals surface area contributed by atoms with Crippen LogP contribution in [0.4, 0.5) is 0 Å². The summed E-state index contributed by atoms with van der Waals surface area (Å²) >= 11 is 0. The van der Waals surface area contributed by atoms with Crippen LogP contribution in [-0.2, 0) is 16.1 Å². The quantitative estimate of drug-likeness (QED) is 0.579. The summed E-state index contributed by atoms with van der Waals surface area (Å²) in [5, 5.41) is 15.6. The van der Waals surface area contributed by atoms with Crippen molar-refractivity contribution in [3.8, 4) is 11.5 Å². The van der Waals surface area contributed by atoms with Gasteiger partial charge in [-0.2, -0.15) is 0 Å². The van der Waals surface area contributed by atoms with Crippen LogP contribution in [0.5, 0.6) is 11.5 Å². The van der Waals surface area contributed by atoms with Gasteiger partial charge >= 0.3 is 0 Å². The molecule has 0 aliphatic carbocycles. The van der Waals surface area contributed by atoms with Crippen molar-refractivity contribution in [1.29, 1.82) is 0 Å². The Morgan fingerprint density at radius 1 is 1.40 bits per heavy atom. The highest BCUT2D eigenvalue weighted by molar-refractivity contribution is 5.77. The lowest BCUT2D eigenvalue weighted by Gasteiger charge is -2.11. The van der Waals surface area contributed by atoms with Crippen LogP contribution in [0.2, 0.25) is 0 Å². The summed E-state index contributed by atoms with van der Waals surface area (Å²) in [5.41, 5.74) is 0.695. The molecule has 1 aromatic carbocycles. The van der Waals surface area contributed by atoms with E-state index in [4.69, 9.17) is 9.47 Å². The summed E-state index contributed by atoms with van der Waals surface area (Å²) in [4.78, 5) is 11.4. The van der Waals surface area contributed by atoms with E-state index >= 15 is 0 Å². The second-order valence-corrected chi connectivity index (χ2v) is 4.14. The van der Waals surface area contributed by atoms with Gasteiger partial charge in [-0.15, -0.1) is 0 Å². The average Bonchev–Trinajstić information content (AvgIpc) is 2.43. The third kappa shape index (κ3) is 5.46. The molecule has 6 nitrogen and oxygen atoms in total. The van der Waals surface area contributed by atoms with E-state index in [-0.39, 0.29) is 18.2 Å². The van der Waals surface area contributed by atoms with E-state index in [0.29, 0.717) is 37.6 Å². The Morgan fingerprint density at radius 2 is 2.20 bits per heavy atom. The Balaban J connectivity index is 2.38.